The molecule has 1 aromatic rings. The van der Waals surface area contributed by atoms with Crippen LogP contribution in [-0.2, 0) is 9.59 Å². The van der Waals surface area contributed by atoms with Gasteiger partial charge in [-0.25, -0.2) is 0 Å². The maximum Gasteiger partial charge on any atom is 0.317 e. The molecule has 0 saturated carbocycles. The van der Waals surface area contributed by atoms with E-state index in [4.69, 9.17) is 5.11 Å². The van der Waals surface area contributed by atoms with Crippen molar-refractivity contribution >= 4 is 40.2 Å². The number of halogens is 1. The van der Waals surface area contributed by atoms with Crippen molar-refractivity contribution in [2.24, 2.45) is 0 Å². The van der Waals surface area contributed by atoms with Crippen molar-refractivity contribution in [2.45, 2.75) is 20.3 Å². The Bertz CT molecular complexity index is 491. The molecular formula is C14H19IN2O3. The highest BCUT2D eigenvalue weighted by Gasteiger charge is 2.13. The number of anilines is 1. The molecule has 1 amide bonds. The molecule has 5 nitrogen and oxygen atoms in total. The SMILES string of the molecule is CCCN(CC(=O)O)CC(=O)Nc1ccc(I)cc1C. The zero-order valence-corrected chi connectivity index (χ0v) is 13.8. The number of carboxylic acid groups (broad SMARTS) is 1. The number of amides is 1. The zero-order chi connectivity index (χ0) is 15.1. The summed E-state index contributed by atoms with van der Waals surface area (Å²) < 4.78 is 1.11. The van der Waals surface area contributed by atoms with Gasteiger partial charge >= 0.3 is 5.97 Å². The maximum absolute atomic E-state index is 12.0. The van der Waals surface area contributed by atoms with E-state index in [0.29, 0.717) is 6.54 Å². The molecule has 0 aliphatic carbocycles. The summed E-state index contributed by atoms with van der Waals surface area (Å²) in [4.78, 5) is 24.3. The molecule has 2 N–H and O–H groups in total. The first-order chi connectivity index (χ1) is 9.42. The second-order valence-corrected chi connectivity index (χ2v) is 5.86. The molecule has 0 atom stereocenters. The standard InChI is InChI=1S/C14H19IN2O3/c1-3-6-17(9-14(19)20)8-13(18)16-12-5-4-11(15)7-10(12)2/h4-5,7H,3,6,8-9H2,1-2H3,(H,16,18)(H,19,20). The normalized spacial score (nSPS) is 10.6. The maximum atomic E-state index is 12.0. The highest BCUT2D eigenvalue weighted by molar-refractivity contribution is 14.1. The predicted molar refractivity (Wildman–Crippen MR) is 86.9 cm³/mol. The molecule has 0 spiro atoms. The Morgan fingerprint density at radius 3 is 2.60 bits per heavy atom. The van der Waals surface area contributed by atoms with Gasteiger partial charge in [-0.1, -0.05) is 6.92 Å². The fourth-order valence-electron chi connectivity index (χ4n) is 1.88. The smallest absolute Gasteiger partial charge is 0.317 e. The summed E-state index contributed by atoms with van der Waals surface area (Å²) in [5.41, 5.74) is 1.76. The van der Waals surface area contributed by atoms with E-state index in [1.807, 2.05) is 32.0 Å². The van der Waals surface area contributed by atoms with Crippen LogP contribution in [0, 0.1) is 10.5 Å². The number of nitrogens with one attached hydrogen (secondary N) is 1. The third-order valence-corrected chi connectivity index (χ3v) is 3.40. The molecule has 0 bridgehead atoms. The molecule has 0 aliphatic rings. The van der Waals surface area contributed by atoms with Crippen molar-refractivity contribution < 1.29 is 14.7 Å². The van der Waals surface area contributed by atoms with Crippen molar-refractivity contribution in [3.63, 3.8) is 0 Å². The summed E-state index contributed by atoms with van der Waals surface area (Å²) >= 11 is 2.21. The zero-order valence-electron chi connectivity index (χ0n) is 11.6. The van der Waals surface area contributed by atoms with E-state index >= 15 is 0 Å². The summed E-state index contributed by atoms with van der Waals surface area (Å²) in [5.74, 6) is -1.11. The van der Waals surface area contributed by atoms with Gasteiger partial charge in [0.1, 0.15) is 0 Å². The van der Waals surface area contributed by atoms with Crippen LogP contribution in [0.15, 0.2) is 18.2 Å². The van der Waals surface area contributed by atoms with Crippen LogP contribution in [0.1, 0.15) is 18.9 Å². The summed E-state index contributed by atoms with van der Waals surface area (Å²) in [7, 11) is 0. The summed E-state index contributed by atoms with van der Waals surface area (Å²) in [5, 5.41) is 11.6. The Hall–Kier alpha value is -1.15. The second-order valence-electron chi connectivity index (χ2n) is 4.61. The van der Waals surface area contributed by atoms with Crippen molar-refractivity contribution in [3.8, 4) is 0 Å². The molecule has 0 radical (unpaired) electrons. The van der Waals surface area contributed by atoms with Crippen LogP contribution in [0.5, 0.6) is 0 Å². The van der Waals surface area contributed by atoms with Gasteiger partial charge in [0.15, 0.2) is 0 Å². The van der Waals surface area contributed by atoms with E-state index in [1.165, 1.54) is 0 Å². The van der Waals surface area contributed by atoms with E-state index < -0.39 is 5.97 Å². The first-order valence-electron chi connectivity index (χ1n) is 6.42. The first kappa shape index (κ1) is 16.9. The fourth-order valence-corrected chi connectivity index (χ4v) is 2.53. The van der Waals surface area contributed by atoms with E-state index in [1.54, 1.807) is 4.90 Å². The van der Waals surface area contributed by atoms with Crippen LogP contribution in [0.2, 0.25) is 0 Å². The highest BCUT2D eigenvalue weighted by atomic mass is 127. The molecule has 0 saturated heterocycles. The number of nitrogens with zero attached hydrogens (tertiary/aromatic N) is 1. The number of carboxylic acids is 1. The molecule has 0 fully saturated rings. The lowest BCUT2D eigenvalue weighted by Gasteiger charge is -2.19. The van der Waals surface area contributed by atoms with Gasteiger partial charge in [-0.2, -0.15) is 0 Å². The van der Waals surface area contributed by atoms with Crippen LogP contribution < -0.4 is 5.32 Å². The molecule has 1 aromatic carbocycles. The summed E-state index contributed by atoms with van der Waals surface area (Å²) in [6, 6.07) is 5.76. The minimum absolute atomic E-state index is 0.0889. The Labute approximate surface area is 132 Å². The summed E-state index contributed by atoms with van der Waals surface area (Å²) in [6.07, 6.45) is 0.809. The lowest BCUT2D eigenvalue weighted by atomic mass is 10.2. The second kappa shape index (κ2) is 8.21. The molecular weight excluding hydrogens is 371 g/mol. The van der Waals surface area contributed by atoms with Gasteiger partial charge in [0.25, 0.3) is 0 Å². The van der Waals surface area contributed by atoms with Crippen LogP contribution in [0.3, 0.4) is 0 Å². The van der Waals surface area contributed by atoms with Crippen LogP contribution in [0.25, 0.3) is 0 Å². The number of hydrogen-bond donors (Lipinski definition) is 2. The van der Waals surface area contributed by atoms with Crippen molar-refractivity contribution in [1.29, 1.82) is 0 Å². The molecule has 20 heavy (non-hydrogen) atoms. The van der Waals surface area contributed by atoms with Gasteiger partial charge in [-0.3, -0.25) is 14.5 Å². The third-order valence-electron chi connectivity index (χ3n) is 2.73. The van der Waals surface area contributed by atoms with Crippen LogP contribution in [-0.4, -0.2) is 41.5 Å². The quantitative estimate of drug-likeness (QED) is 0.702. The lowest BCUT2D eigenvalue weighted by molar-refractivity contribution is -0.138. The number of benzene rings is 1. The van der Waals surface area contributed by atoms with Gasteiger partial charge < -0.3 is 10.4 Å². The number of aliphatic carboxylic acids is 1. The van der Waals surface area contributed by atoms with Gasteiger partial charge in [0.2, 0.25) is 5.91 Å². The fraction of sp³-hybridized carbons (Fsp3) is 0.429. The van der Waals surface area contributed by atoms with E-state index in [9.17, 15) is 9.59 Å². The highest BCUT2D eigenvalue weighted by Crippen LogP contribution is 2.17. The van der Waals surface area contributed by atoms with Crippen molar-refractivity contribution in [2.75, 3.05) is 25.0 Å². The van der Waals surface area contributed by atoms with E-state index in [-0.39, 0.29) is 19.0 Å². The van der Waals surface area contributed by atoms with Gasteiger partial charge in [-0.05, 0) is 66.2 Å². The average Bonchev–Trinajstić information content (AvgIpc) is 2.32. The molecule has 0 unspecified atom stereocenters. The number of carbonyl (C=O) groups is 2. The summed E-state index contributed by atoms with van der Waals surface area (Å²) in [6.45, 7) is 4.44. The Morgan fingerprint density at radius 1 is 1.35 bits per heavy atom. The third kappa shape index (κ3) is 5.87. The lowest BCUT2D eigenvalue weighted by Crippen LogP contribution is -2.37. The van der Waals surface area contributed by atoms with E-state index in [2.05, 4.69) is 27.9 Å². The Morgan fingerprint density at radius 2 is 2.05 bits per heavy atom. The molecule has 0 aromatic heterocycles. The van der Waals surface area contributed by atoms with Crippen molar-refractivity contribution in [3.05, 3.63) is 27.3 Å². The first-order valence-corrected chi connectivity index (χ1v) is 7.50. The van der Waals surface area contributed by atoms with Gasteiger partial charge in [0, 0.05) is 9.26 Å². The molecule has 1 rings (SSSR count). The van der Waals surface area contributed by atoms with Crippen molar-refractivity contribution in [1.82, 2.24) is 4.90 Å². The molecule has 0 heterocycles. The Kier molecular flexibility index (Phi) is 6.94. The number of aryl methyl sites for hydroxylation is 1. The van der Waals surface area contributed by atoms with E-state index in [0.717, 1.165) is 21.2 Å². The molecule has 6 heteroatoms. The predicted octanol–water partition coefficient (Wildman–Crippen LogP) is 2.33. The topological polar surface area (TPSA) is 69.6 Å². The largest absolute Gasteiger partial charge is 0.480 e. The van der Waals surface area contributed by atoms with Crippen LogP contribution in [0.4, 0.5) is 5.69 Å². The number of rotatable bonds is 7. The van der Waals surface area contributed by atoms with Crippen LogP contribution >= 0.6 is 22.6 Å². The number of carbonyl (C=O) groups excluding carboxylic acids is 1. The average molecular weight is 390 g/mol. The van der Waals surface area contributed by atoms with Gasteiger partial charge in [0.05, 0.1) is 13.1 Å². The minimum atomic E-state index is -0.920. The number of hydrogen-bond acceptors (Lipinski definition) is 3. The van der Waals surface area contributed by atoms with Gasteiger partial charge in [-0.15, -0.1) is 0 Å². The monoisotopic (exact) mass is 390 g/mol. The molecule has 0 aliphatic heterocycles. The molecule has 110 valence electrons. The minimum Gasteiger partial charge on any atom is -0.480 e. The Balaban J connectivity index is 2.62.